The highest BCUT2D eigenvalue weighted by Gasteiger charge is 2.11. The van der Waals surface area contributed by atoms with Crippen LogP contribution in [-0.4, -0.2) is 12.1 Å². The SMILES string of the molecule is COc1ccncc1-c1cc(F)ccc1C#N. The summed E-state index contributed by atoms with van der Waals surface area (Å²) in [6, 6.07) is 7.69. The van der Waals surface area contributed by atoms with Gasteiger partial charge < -0.3 is 4.74 Å². The maximum atomic E-state index is 13.2. The average molecular weight is 228 g/mol. The standard InChI is InChI=1S/C13H9FN2O/c1-17-13-4-5-16-8-12(13)11-6-10(14)3-2-9(11)7-15/h2-6,8H,1H3. The van der Waals surface area contributed by atoms with Crippen molar-refractivity contribution in [2.75, 3.05) is 7.11 Å². The molecule has 3 nitrogen and oxygen atoms in total. The van der Waals surface area contributed by atoms with E-state index < -0.39 is 5.82 Å². The predicted octanol–water partition coefficient (Wildman–Crippen LogP) is 2.77. The van der Waals surface area contributed by atoms with Crippen LogP contribution in [0.1, 0.15) is 5.56 Å². The van der Waals surface area contributed by atoms with Crippen LogP contribution in [0.4, 0.5) is 4.39 Å². The summed E-state index contributed by atoms with van der Waals surface area (Å²) in [5, 5.41) is 9.00. The zero-order valence-corrected chi connectivity index (χ0v) is 9.14. The molecule has 4 heteroatoms. The van der Waals surface area contributed by atoms with E-state index in [9.17, 15) is 4.39 Å². The molecule has 0 amide bonds. The molecule has 0 atom stereocenters. The molecule has 0 bridgehead atoms. The van der Waals surface area contributed by atoms with E-state index in [4.69, 9.17) is 10.00 Å². The Hall–Kier alpha value is -2.41. The van der Waals surface area contributed by atoms with E-state index in [-0.39, 0.29) is 0 Å². The van der Waals surface area contributed by atoms with Gasteiger partial charge in [0.1, 0.15) is 11.6 Å². The third kappa shape index (κ3) is 2.08. The monoisotopic (exact) mass is 228 g/mol. The Labute approximate surface area is 98.1 Å². The molecule has 1 heterocycles. The average Bonchev–Trinajstić information content (AvgIpc) is 2.38. The quantitative estimate of drug-likeness (QED) is 0.793. The number of methoxy groups -OCH3 is 1. The van der Waals surface area contributed by atoms with Crippen molar-refractivity contribution in [3.63, 3.8) is 0 Å². The number of aromatic nitrogens is 1. The fourth-order valence-electron chi connectivity index (χ4n) is 1.60. The summed E-state index contributed by atoms with van der Waals surface area (Å²) in [7, 11) is 1.52. The molecule has 0 saturated carbocycles. The summed E-state index contributed by atoms with van der Waals surface area (Å²) < 4.78 is 18.4. The second-order valence-electron chi connectivity index (χ2n) is 3.38. The minimum Gasteiger partial charge on any atom is -0.496 e. The second-order valence-corrected chi connectivity index (χ2v) is 3.38. The lowest BCUT2D eigenvalue weighted by Gasteiger charge is -2.09. The molecule has 0 unspecified atom stereocenters. The zero-order valence-electron chi connectivity index (χ0n) is 9.14. The normalized spacial score (nSPS) is 9.71. The van der Waals surface area contributed by atoms with Gasteiger partial charge in [0, 0.05) is 23.5 Å². The molecule has 0 N–H and O–H groups in total. The lowest BCUT2D eigenvalue weighted by Crippen LogP contribution is -1.92. The fraction of sp³-hybridized carbons (Fsp3) is 0.0769. The molecule has 2 rings (SSSR count). The Morgan fingerprint density at radius 1 is 1.29 bits per heavy atom. The van der Waals surface area contributed by atoms with Crippen molar-refractivity contribution in [2.24, 2.45) is 0 Å². The van der Waals surface area contributed by atoms with Gasteiger partial charge >= 0.3 is 0 Å². The van der Waals surface area contributed by atoms with E-state index >= 15 is 0 Å². The summed E-state index contributed by atoms with van der Waals surface area (Å²) in [6.07, 6.45) is 3.13. The number of pyridine rings is 1. The van der Waals surface area contributed by atoms with E-state index in [1.807, 2.05) is 6.07 Å². The molecular formula is C13H9FN2O. The van der Waals surface area contributed by atoms with Gasteiger partial charge in [0.05, 0.1) is 18.7 Å². The van der Waals surface area contributed by atoms with Crippen molar-refractivity contribution < 1.29 is 9.13 Å². The first-order chi connectivity index (χ1) is 8.26. The van der Waals surface area contributed by atoms with Crippen molar-refractivity contribution in [3.05, 3.63) is 48.0 Å². The number of nitrogens with zero attached hydrogens (tertiary/aromatic N) is 2. The predicted molar refractivity (Wildman–Crippen MR) is 60.9 cm³/mol. The van der Waals surface area contributed by atoms with Gasteiger partial charge in [-0.15, -0.1) is 0 Å². The second kappa shape index (κ2) is 4.62. The first-order valence-corrected chi connectivity index (χ1v) is 4.94. The van der Waals surface area contributed by atoms with Crippen LogP contribution in [0.3, 0.4) is 0 Å². The number of benzene rings is 1. The van der Waals surface area contributed by atoms with Gasteiger partial charge in [-0.05, 0) is 24.3 Å². The summed E-state index contributed by atoms with van der Waals surface area (Å²) in [5.41, 5.74) is 1.47. The summed E-state index contributed by atoms with van der Waals surface area (Å²) in [4.78, 5) is 3.96. The van der Waals surface area contributed by atoms with Crippen LogP contribution in [0.2, 0.25) is 0 Å². The van der Waals surface area contributed by atoms with Gasteiger partial charge in [0.2, 0.25) is 0 Å². The third-order valence-electron chi connectivity index (χ3n) is 2.39. The van der Waals surface area contributed by atoms with Gasteiger partial charge in [-0.25, -0.2) is 4.39 Å². The van der Waals surface area contributed by atoms with Crippen LogP contribution < -0.4 is 4.74 Å². The van der Waals surface area contributed by atoms with Crippen molar-refractivity contribution >= 4 is 0 Å². The molecule has 0 fully saturated rings. The van der Waals surface area contributed by atoms with Crippen LogP contribution in [0.5, 0.6) is 5.75 Å². The minimum atomic E-state index is -0.398. The number of halogens is 1. The molecule has 84 valence electrons. The Morgan fingerprint density at radius 3 is 2.82 bits per heavy atom. The topological polar surface area (TPSA) is 45.9 Å². The Kier molecular flexibility index (Phi) is 3.01. The highest BCUT2D eigenvalue weighted by Crippen LogP contribution is 2.31. The van der Waals surface area contributed by atoms with E-state index in [1.54, 1.807) is 18.5 Å². The number of hydrogen-bond acceptors (Lipinski definition) is 3. The smallest absolute Gasteiger partial charge is 0.129 e. The maximum absolute atomic E-state index is 13.2. The Balaban J connectivity index is 2.68. The Morgan fingerprint density at radius 2 is 2.12 bits per heavy atom. The highest BCUT2D eigenvalue weighted by molar-refractivity contribution is 5.74. The molecule has 0 aliphatic carbocycles. The van der Waals surface area contributed by atoms with Crippen LogP contribution in [-0.2, 0) is 0 Å². The van der Waals surface area contributed by atoms with Crippen LogP contribution in [0.15, 0.2) is 36.7 Å². The van der Waals surface area contributed by atoms with Gasteiger partial charge in [-0.2, -0.15) is 5.26 Å². The van der Waals surface area contributed by atoms with Gasteiger partial charge in [0.15, 0.2) is 0 Å². The number of rotatable bonds is 2. The molecule has 0 saturated heterocycles. The highest BCUT2D eigenvalue weighted by atomic mass is 19.1. The molecule has 0 aliphatic heterocycles. The summed E-state index contributed by atoms with van der Waals surface area (Å²) in [6.45, 7) is 0. The van der Waals surface area contributed by atoms with Crippen molar-refractivity contribution in [1.82, 2.24) is 4.98 Å². The fourth-order valence-corrected chi connectivity index (χ4v) is 1.60. The van der Waals surface area contributed by atoms with E-state index in [0.717, 1.165) is 0 Å². The zero-order chi connectivity index (χ0) is 12.3. The lowest BCUT2D eigenvalue weighted by atomic mass is 10.0. The van der Waals surface area contributed by atoms with Crippen molar-refractivity contribution in [2.45, 2.75) is 0 Å². The first kappa shape index (κ1) is 11.1. The molecule has 0 aliphatic rings. The lowest BCUT2D eigenvalue weighted by molar-refractivity contribution is 0.416. The summed E-state index contributed by atoms with van der Waals surface area (Å²) in [5.74, 6) is 0.159. The van der Waals surface area contributed by atoms with Crippen LogP contribution in [0.25, 0.3) is 11.1 Å². The van der Waals surface area contributed by atoms with Gasteiger partial charge in [-0.3, -0.25) is 4.98 Å². The van der Waals surface area contributed by atoms with E-state index in [1.165, 1.54) is 25.3 Å². The third-order valence-corrected chi connectivity index (χ3v) is 2.39. The molecule has 0 spiro atoms. The van der Waals surface area contributed by atoms with E-state index in [2.05, 4.69) is 4.98 Å². The van der Waals surface area contributed by atoms with Crippen molar-refractivity contribution in [1.29, 1.82) is 5.26 Å². The number of nitriles is 1. The van der Waals surface area contributed by atoms with Crippen LogP contribution in [0, 0.1) is 17.1 Å². The summed E-state index contributed by atoms with van der Waals surface area (Å²) >= 11 is 0. The molecule has 2 aromatic rings. The minimum absolute atomic E-state index is 0.387. The molecule has 17 heavy (non-hydrogen) atoms. The number of ether oxygens (including phenoxy) is 1. The molecule has 1 aromatic heterocycles. The number of hydrogen-bond donors (Lipinski definition) is 0. The van der Waals surface area contributed by atoms with Gasteiger partial charge in [0.25, 0.3) is 0 Å². The van der Waals surface area contributed by atoms with Gasteiger partial charge in [-0.1, -0.05) is 0 Å². The maximum Gasteiger partial charge on any atom is 0.129 e. The van der Waals surface area contributed by atoms with Crippen molar-refractivity contribution in [3.8, 4) is 22.9 Å². The van der Waals surface area contributed by atoms with E-state index in [0.29, 0.717) is 22.4 Å². The van der Waals surface area contributed by atoms with Crippen LogP contribution >= 0.6 is 0 Å². The molecule has 0 radical (unpaired) electrons. The molecule has 1 aromatic carbocycles. The first-order valence-electron chi connectivity index (χ1n) is 4.94. The largest absolute Gasteiger partial charge is 0.496 e. The Bertz CT molecular complexity index is 590. The molecular weight excluding hydrogens is 219 g/mol.